The van der Waals surface area contributed by atoms with Crippen LogP contribution < -0.4 is 21.2 Å². The molecule has 0 saturated heterocycles. The van der Waals surface area contributed by atoms with Crippen molar-refractivity contribution >= 4 is 43.0 Å². The Morgan fingerprint density at radius 3 is 0.821 bits per heavy atom. The molecule has 0 heterocycles. The Morgan fingerprint density at radius 2 is 0.607 bits per heavy atom. The number of halogens is 1. The van der Waals surface area contributed by atoms with E-state index in [1.54, 1.807) is 0 Å². The second kappa shape index (κ2) is 9.94. The summed E-state index contributed by atoms with van der Waals surface area (Å²) >= 11 is -1.46. The van der Waals surface area contributed by atoms with E-state index in [1.807, 2.05) is 0 Å². The molecular formula is C24H20ClP2Pd. The summed E-state index contributed by atoms with van der Waals surface area (Å²) in [5.74, 6) is 0. The third-order valence-corrected chi connectivity index (χ3v) is 24.0. The predicted octanol–water partition coefficient (Wildman–Crippen LogP) is 5.85. The van der Waals surface area contributed by atoms with Gasteiger partial charge in [0.15, 0.2) is 0 Å². The molecule has 0 N–H and O–H groups in total. The molecule has 4 heteroatoms. The Morgan fingerprint density at radius 1 is 0.393 bits per heavy atom. The van der Waals surface area contributed by atoms with Gasteiger partial charge in [0, 0.05) is 0 Å². The summed E-state index contributed by atoms with van der Waals surface area (Å²) in [6.07, 6.45) is -1.18. The summed E-state index contributed by atoms with van der Waals surface area (Å²) in [5.41, 5.74) is 0. The van der Waals surface area contributed by atoms with Gasteiger partial charge in [-0.2, -0.15) is 0 Å². The summed E-state index contributed by atoms with van der Waals surface area (Å²) in [4.78, 5) is 0. The van der Waals surface area contributed by atoms with Crippen molar-refractivity contribution in [3.63, 3.8) is 0 Å². The van der Waals surface area contributed by atoms with Gasteiger partial charge in [0.1, 0.15) is 0 Å². The van der Waals surface area contributed by atoms with Gasteiger partial charge in [-0.05, 0) is 0 Å². The summed E-state index contributed by atoms with van der Waals surface area (Å²) in [6.45, 7) is 0. The van der Waals surface area contributed by atoms with E-state index in [2.05, 4.69) is 121 Å². The maximum absolute atomic E-state index is 7.53. The van der Waals surface area contributed by atoms with Crippen LogP contribution in [0.25, 0.3) is 0 Å². The SMILES string of the molecule is [Cl][Pd]([P](c1ccccc1)c1ccccc1)[P](c1ccccc1)c1ccccc1. The molecule has 0 saturated carbocycles. The van der Waals surface area contributed by atoms with E-state index in [0.29, 0.717) is 0 Å². The van der Waals surface area contributed by atoms with E-state index < -0.39 is 27.0 Å². The van der Waals surface area contributed by atoms with Crippen molar-refractivity contribution in [3.8, 4) is 0 Å². The van der Waals surface area contributed by atoms with Gasteiger partial charge >= 0.3 is 179 Å². The zero-order valence-electron chi connectivity index (χ0n) is 15.1. The van der Waals surface area contributed by atoms with E-state index in [-0.39, 0.29) is 0 Å². The Balaban J connectivity index is 1.84. The molecule has 143 valence electrons. The molecule has 0 aliphatic carbocycles. The van der Waals surface area contributed by atoms with Gasteiger partial charge in [-0.15, -0.1) is 0 Å². The van der Waals surface area contributed by atoms with Crippen molar-refractivity contribution in [2.75, 3.05) is 0 Å². The number of rotatable bonds is 6. The van der Waals surface area contributed by atoms with Gasteiger partial charge < -0.3 is 0 Å². The van der Waals surface area contributed by atoms with Crippen molar-refractivity contribution < 1.29 is 14.7 Å². The fourth-order valence-electron chi connectivity index (χ4n) is 2.83. The van der Waals surface area contributed by atoms with Crippen LogP contribution in [0.15, 0.2) is 121 Å². The molecule has 0 nitrogen and oxygen atoms in total. The van der Waals surface area contributed by atoms with Crippen LogP contribution in [-0.4, -0.2) is 0 Å². The third kappa shape index (κ3) is 4.63. The Hall–Kier alpha value is -1.31. The molecule has 0 spiro atoms. The van der Waals surface area contributed by atoms with Crippen LogP contribution in [0.3, 0.4) is 0 Å². The fraction of sp³-hybridized carbons (Fsp3) is 0. The molecule has 4 aromatic carbocycles. The molecular weight excluding hydrogens is 492 g/mol. The fourth-order valence-corrected chi connectivity index (χ4v) is 25.3. The van der Waals surface area contributed by atoms with Crippen molar-refractivity contribution in [1.29, 1.82) is 0 Å². The number of benzene rings is 4. The number of hydrogen-bond acceptors (Lipinski definition) is 0. The van der Waals surface area contributed by atoms with Crippen LogP contribution in [0.5, 0.6) is 0 Å². The predicted molar refractivity (Wildman–Crippen MR) is 124 cm³/mol. The van der Waals surface area contributed by atoms with Gasteiger partial charge in [-0.3, -0.25) is 0 Å². The second-order valence-corrected chi connectivity index (χ2v) is 22.2. The first-order valence-corrected chi connectivity index (χ1v) is 17.5. The first-order valence-electron chi connectivity index (χ1n) is 8.94. The average molecular weight is 512 g/mol. The normalized spacial score (nSPS) is 11.6. The minimum atomic E-state index is -1.46. The number of hydrogen-bond donors (Lipinski definition) is 0. The monoisotopic (exact) mass is 511 g/mol. The van der Waals surface area contributed by atoms with Gasteiger partial charge in [0.05, 0.1) is 0 Å². The van der Waals surface area contributed by atoms with Gasteiger partial charge in [0.25, 0.3) is 0 Å². The van der Waals surface area contributed by atoms with Gasteiger partial charge in [-0.25, -0.2) is 0 Å². The Bertz CT molecular complexity index is 820. The molecule has 0 aliphatic heterocycles. The zero-order valence-corrected chi connectivity index (χ0v) is 19.2. The molecule has 0 aromatic heterocycles. The first kappa shape index (κ1) is 20.0. The third-order valence-electron chi connectivity index (χ3n) is 4.10. The average Bonchev–Trinajstić information content (AvgIpc) is 2.77. The molecule has 4 aromatic rings. The summed E-state index contributed by atoms with van der Waals surface area (Å²) in [6, 6.07) is 43.4. The maximum atomic E-state index is 7.53. The van der Waals surface area contributed by atoms with E-state index in [0.717, 1.165) is 0 Å². The van der Waals surface area contributed by atoms with Gasteiger partial charge in [0.2, 0.25) is 0 Å². The molecule has 0 bridgehead atoms. The van der Waals surface area contributed by atoms with E-state index >= 15 is 0 Å². The molecule has 0 fully saturated rings. The van der Waals surface area contributed by atoms with Crippen LogP contribution in [0.1, 0.15) is 0 Å². The molecule has 0 amide bonds. The van der Waals surface area contributed by atoms with Crippen LogP contribution in [0.4, 0.5) is 0 Å². The molecule has 0 radical (unpaired) electrons. The molecule has 4 rings (SSSR count). The summed E-state index contributed by atoms with van der Waals surface area (Å²) in [5, 5.41) is 5.50. The van der Waals surface area contributed by atoms with Crippen molar-refractivity contribution in [2.24, 2.45) is 0 Å². The summed E-state index contributed by atoms with van der Waals surface area (Å²) in [7, 11) is 7.53. The zero-order chi connectivity index (χ0) is 19.2. The summed E-state index contributed by atoms with van der Waals surface area (Å²) < 4.78 is 0. The Labute approximate surface area is 178 Å². The molecule has 0 atom stereocenters. The second-order valence-electron chi connectivity index (χ2n) is 6.02. The quantitative estimate of drug-likeness (QED) is 0.225. The van der Waals surface area contributed by atoms with E-state index in [9.17, 15) is 0 Å². The Kier molecular flexibility index (Phi) is 7.10. The minimum absolute atomic E-state index is 0.588. The van der Waals surface area contributed by atoms with Crippen LogP contribution in [-0.2, 0) is 14.7 Å². The van der Waals surface area contributed by atoms with Gasteiger partial charge in [-0.1, -0.05) is 0 Å². The van der Waals surface area contributed by atoms with Crippen LogP contribution >= 0.6 is 21.8 Å². The molecule has 0 aliphatic rings. The van der Waals surface area contributed by atoms with Crippen LogP contribution in [0.2, 0.25) is 0 Å². The van der Waals surface area contributed by atoms with Crippen LogP contribution in [0, 0.1) is 0 Å². The standard InChI is InChI=1S/2C12H10P.ClH.Pd/c2*1-3-7-11(8-4-1)13-12-9-5-2-6-10-12;;/h2*1-10H;1H;/q2*-1;;+3/p-1. The van der Waals surface area contributed by atoms with E-state index in [1.165, 1.54) is 21.2 Å². The van der Waals surface area contributed by atoms with E-state index in [4.69, 9.17) is 9.53 Å². The van der Waals surface area contributed by atoms with Crippen molar-refractivity contribution in [2.45, 2.75) is 0 Å². The van der Waals surface area contributed by atoms with Crippen molar-refractivity contribution in [1.82, 2.24) is 0 Å². The van der Waals surface area contributed by atoms with Crippen molar-refractivity contribution in [3.05, 3.63) is 121 Å². The first-order chi connectivity index (χ1) is 13.8. The topological polar surface area (TPSA) is 0 Å². The molecule has 0 unspecified atom stereocenters. The molecule has 28 heavy (non-hydrogen) atoms.